The fourth-order valence-electron chi connectivity index (χ4n) is 3.29. The Morgan fingerprint density at radius 2 is 1.96 bits per heavy atom. The Morgan fingerprint density at radius 1 is 1.19 bits per heavy atom. The van der Waals surface area contributed by atoms with E-state index < -0.39 is 11.2 Å². The van der Waals surface area contributed by atoms with Gasteiger partial charge in [0.15, 0.2) is 11.4 Å². The van der Waals surface area contributed by atoms with Gasteiger partial charge in [-0.05, 0) is 24.1 Å². The van der Waals surface area contributed by atoms with Gasteiger partial charge in [0, 0.05) is 25.4 Å². The number of aromatic hydroxyl groups is 1. The van der Waals surface area contributed by atoms with Gasteiger partial charge in [0.05, 0.1) is 16.1 Å². The minimum atomic E-state index is -0.550. The first-order valence-corrected chi connectivity index (χ1v) is 9.35. The first kappa shape index (κ1) is 18.8. The van der Waals surface area contributed by atoms with Gasteiger partial charge in [-0.3, -0.25) is 9.59 Å². The van der Waals surface area contributed by atoms with Crippen LogP contribution >= 0.6 is 23.2 Å². The Kier molecular flexibility index (Phi) is 5.58. The van der Waals surface area contributed by atoms with Crippen LogP contribution in [0.15, 0.2) is 35.3 Å². The smallest absolute Gasteiger partial charge is 0.275 e. The molecule has 1 aromatic carbocycles. The highest BCUT2D eigenvalue weighted by Gasteiger charge is 2.34. The summed E-state index contributed by atoms with van der Waals surface area (Å²) < 4.78 is 1.67. The van der Waals surface area contributed by atoms with Crippen molar-refractivity contribution in [2.24, 2.45) is 0 Å². The molecule has 2 heterocycles. The van der Waals surface area contributed by atoms with Crippen LogP contribution in [0.5, 0.6) is 5.75 Å². The number of pyridine rings is 1. The second kappa shape index (κ2) is 7.72. The molecule has 2 aromatic rings. The van der Waals surface area contributed by atoms with E-state index in [1.807, 2.05) is 6.07 Å². The van der Waals surface area contributed by atoms with Crippen molar-refractivity contribution in [2.45, 2.75) is 45.3 Å². The number of amides is 1. The highest BCUT2D eigenvalue weighted by Crippen LogP contribution is 2.28. The van der Waals surface area contributed by atoms with Crippen LogP contribution in [0.1, 0.15) is 42.2 Å². The van der Waals surface area contributed by atoms with Crippen LogP contribution in [0.4, 0.5) is 0 Å². The van der Waals surface area contributed by atoms with E-state index in [0.717, 1.165) is 24.8 Å². The average molecular weight is 395 g/mol. The molecule has 1 aromatic heterocycles. The summed E-state index contributed by atoms with van der Waals surface area (Å²) in [6.07, 6.45) is 4.42. The number of carbonyl (C=O) groups is 1. The average Bonchev–Trinajstić information content (AvgIpc) is 2.62. The van der Waals surface area contributed by atoms with Crippen molar-refractivity contribution in [3.8, 4) is 5.75 Å². The molecule has 7 heteroatoms. The summed E-state index contributed by atoms with van der Waals surface area (Å²) in [5.74, 6) is -0.843. The Balaban J connectivity index is 1.98. The molecule has 1 aliphatic rings. The van der Waals surface area contributed by atoms with Crippen molar-refractivity contribution in [3.63, 3.8) is 0 Å². The summed E-state index contributed by atoms with van der Waals surface area (Å²) in [4.78, 5) is 26.5. The van der Waals surface area contributed by atoms with Gasteiger partial charge in [-0.25, -0.2) is 0 Å². The van der Waals surface area contributed by atoms with Crippen LogP contribution in [0, 0.1) is 0 Å². The number of carbonyl (C=O) groups excluding carboxylic acids is 1. The Bertz CT molecular complexity index is 895. The highest BCUT2D eigenvalue weighted by atomic mass is 35.5. The number of halogens is 2. The molecule has 1 atom stereocenters. The maximum atomic E-state index is 13.1. The van der Waals surface area contributed by atoms with E-state index in [1.54, 1.807) is 27.8 Å². The van der Waals surface area contributed by atoms with E-state index in [1.165, 1.54) is 6.07 Å². The maximum absolute atomic E-state index is 13.1. The number of benzene rings is 1. The summed E-state index contributed by atoms with van der Waals surface area (Å²) in [6.45, 7) is 2.98. The first-order chi connectivity index (χ1) is 12.4. The number of fused-ring (bicyclic) bond motifs is 1. The van der Waals surface area contributed by atoms with Crippen LogP contribution in [0.3, 0.4) is 0 Å². The monoisotopic (exact) mass is 394 g/mol. The summed E-state index contributed by atoms with van der Waals surface area (Å²) >= 11 is 12.1. The second-order valence-electron chi connectivity index (χ2n) is 6.51. The summed E-state index contributed by atoms with van der Waals surface area (Å²) in [5, 5.41) is 11.0. The summed E-state index contributed by atoms with van der Waals surface area (Å²) in [5.41, 5.74) is 0.344. The minimum Gasteiger partial charge on any atom is -0.503 e. The molecule has 5 nitrogen and oxygen atoms in total. The maximum Gasteiger partial charge on any atom is 0.275 e. The number of rotatable bonds is 5. The van der Waals surface area contributed by atoms with Gasteiger partial charge >= 0.3 is 0 Å². The van der Waals surface area contributed by atoms with Crippen molar-refractivity contribution in [3.05, 3.63) is 62.0 Å². The lowest BCUT2D eigenvalue weighted by atomic mass is 10.0. The standard InChI is InChI=1S/C19H20Cl2N2O3/c1-2-3-4-13-11-22-8-7-16(24)18(25)17(22)19(26)23(13)10-12-5-6-14(20)15(21)9-12/h5-9,13,25H,2-4,10-11H2,1H3. The number of unbranched alkanes of at least 4 members (excludes halogenated alkanes) is 1. The molecule has 1 amide bonds. The summed E-state index contributed by atoms with van der Waals surface area (Å²) in [7, 11) is 0. The van der Waals surface area contributed by atoms with Gasteiger partial charge in [0.1, 0.15) is 0 Å². The molecule has 0 saturated heterocycles. The van der Waals surface area contributed by atoms with Crippen molar-refractivity contribution >= 4 is 29.1 Å². The van der Waals surface area contributed by atoms with Gasteiger partial charge in [0.25, 0.3) is 5.91 Å². The quantitative estimate of drug-likeness (QED) is 0.830. The zero-order valence-electron chi connectivity index (χ0n) is 14.4. The lowest BCUT2D eigenvalue weighted by Crippen LogP contribution is -2.48. The molecule has 0 fully saturated rings. The Morgan fingerprint density at radius 3 is 2.65 bits per heavy atom. The summed E-state index contributed by atoms with van der Waals surface area (Å²) in [6, 6.07) is 6.53. The lowest BCUT2D eigenvalue weighted by Gasteiger charge is -2.38. The van der Waals surface area contributed by atoms with E-state index in [4.69, 9.17) is 23.2 Å². The SMILES string of the molecule is CCCCC1Cn2ccc(=O)c(O)c2C(=O)N1Cc1ccc(Cl)c(Cl)c1. The van der Waals surface area contributed by atoms with Crippen LogP contribution in [0.25, 0.3) is 0 Å². The van der Waals surface area contributed by atoms with E-state index in [9.17, 15) is 14.7 Å². The molecule has 0 radical (unpaired) electrons. The van der Waals surface area contributed by atoms with Crippen molar-refractivity contribution in [2.75, 3.05) is 0 Å². The van der Waals surface area contributed by atoms with E-state index in [0.29, 0.717) is 23.1 Å². The molecule has 0 spiro atoms. The topological polar surface area (TPSA) is 62.5 Å². The third kappa shape index (κ3) is 3.60. The normalized spacial score (nSPS) is 16.7. The first-order valence-electron chi connectivity index (χ1n) is 8.59. The number of hydrogen-bond donors (Lipinski definition) is 1. The van der Waals surface area contributed by atoms with Gasteiger partial charge in [0.2, 0.25) is 5.43 Å². The van der Waals surface area contributed by atoms with Gasteiger partial charge < -0.3 is 14.6 Å². The predicted octanol–water partition coefficient (Wildman–Crippen LogP) is 4.08. The zero-order valence-corrected chi connectivity index (χ0v) is 15.9. The minimum absolute atomic E-state index is 0.0219. The Hall–Kier alpha value is -1.98. The van der Waals surface area contributed by atoms with Gasteiger partial charge in [-0.1, -0.05) is 49.0 Å². The molecular formula is C19H20Cl2N2O3. The fraction of sp³-hybridized carbons (Fsp3) is 0.368. The van der Waals surface area contributed by atoms with Crippen LogP contribution in [0.2, 0.25) is 10.0 Å². The van der Waals surface area contributed by atoms with Crippen LogP contribution in [-0.2, 0) is 13.1 Å². The molecule has 3 rings (SSSR count). The predicted molar refractivity (Wildman–Crippen MR) is 102 cm³/mol. The van der Waals surface area contributed by atoms with Crippen molar-refractivity contribution in [1.29, 1.82) is 0 Å². The molecule has 138 valence electrons. The number of hydrogen-bond acceptors (Lipinski definition) is 3. The van der Waals surface area contributed by atoms with Crippen LogP contribution in [-0.4, -0.2) is 26.5 Å². The van der Waals surface area contributed by atoms with Crippen LogP contribution < -0.4 is 5.43 Å². The molecule has 0 aliphatic carbocycles. The van der Waals surface area contributed by atoms with Gasteiger partial charge in [-0.2, -0.15) is 0 Å². The third-order valence-electron chi connectivity index (χ3n) is 4.69. The number of nitrogens with zero attached hydrogens (tertiary/aromatic N) is 2. The van der Waals surface area contributed by atoms with Crippen molar-refractivity contribution in [1.82, 2.24) is 9.47 Å². The third-order valence-corrected chi connectivity index (χ3v) is 5.43. The van der Waals surface area contributed by atoms with E-state index in [2.05, 4.69) is 6.92 Å². The fourth-order valence-corrected chi connectivity index (χ4v) is 3.61. The van der Waals surface area contributed by atoms with Gasteiger partial charge in [-0.15, -0.1) is 0 Å². The number of aromatic nitrogens is 1. The molecule has 1 aliphatic heterocycles. The molecule has 1 N–H and O–H groups in total. The van der Waals surface area contributed by atoms with E-state index >= 15 is 0 Å². The lowest BCUT2D eigenvalue weighted by molar-refractivity contribution is 0.0547. The molecule has 26 heavy (non-hydrogen) atoms. The highest BCUT2D eigenvalue weighted by molar-refractivity contribution is 6.42. The van der Waals surface area contributed by atoms with Crippen molar-refractivity contribution < 1.29 is 9.90 Å². The molecular weight excluding hydrogens is 375 g/mol. The molecule has 0 bridgehead atoms. The molecule has 0 saturated carbocycles. The second-order valence-corrected chi connectivity index (χ2v) is 7.32. The Labute approximate surface area is 161 Å². The largest absolute Gasteiger partial charge is 0.503 e. The zero-order chi connectivity index (χ0) is 18.8. The molecule has 1 unspecified atom stereocenters. The van der Waals surface area contributed by atoms with E-state index in [-0.39, 0.29) is 17.6 Å².